The maximum Gasteiger partial charge on any atom is 0.137 e. The van der Waals surface area contributed by atoms with Crippen LogP contribution in [0, 0.1) is 18.3 Å². The summed E-state index contributed by atoms with van der Waals surface area (Å²) in [5, 5.41) is 11.1. The molecule has 3 heterocycles. The van der Waals surface area contributed by atoms with Crippen LogP contribution in [-0.4, -0.2) is 9.38 Å². The lowest BCUT2D eigenvalue weighted by atomic mass is 10.2. The van der Waals surface area contributed by atoms with Gasteiger partial charge in [-0.15, -0.1) is 11.3 Å². The number of aryl methyl sites for hydroxylation is 1. The second kappa shape index (κ2) is 4.28. The predicted octanol–water partition coefficient (Wildman–Crippen LogP) is 3.44. The zero-order valence-electron chi connectivity index (χ0n) is 9.92. The summed E-state index contributed by atoms with van der Waals surface area (Å²) < 4.78 is 2.07. The average molecular weight is 253 g/mol. The van der Waals surface area contributed by atoms with Gasteiger partial charge in [-0.25, -0.2) is 4.98 Å². The lowest BCUT2D eigenvalue weighted by molar-refractivity contribution is 1.00. The van der Waals surface area contributed by atoms with Gasteiger partial charge in [0.05, 0.1) is 23.1 Å². The first-order chi connectivity index (χ1) is 8.81. The van der Waals surface area contributed by atoms with Crippen molar-refractivity contribution in [3.8, 4) is 16.6 Å². The lowest BCUT2D eigenvalue weighted by Crippen LogP contribution is -1.96. The highest BCUT2D eigenvalue weighted by Crippen LogP contribution is 2.29. The Hall–Kier alpha value is -2.12. The van der Waals surface area contributed by atoms with Crippen LogP contribution in [0.2, 0.25) is 0 Å². The molecule has 0 spiro atoms. The maximum atomic E-state index is 9.02. The van der Waals surface area contributed by atoms with E-state index in [1.165, 1.54) is 0 Å². The Morgan fingerprint density at radius 3 is 2.94 bits per heavy atom. The van der Waals surface area contributed by atoms with Gasteiger partial charge in [-0.05, 0) is 30.5 Å². The fourth-order valence-electron chi connectivity index (χ4n) is 2.17. The SMILES string of the molecule is Cc1cccc2nc(-c3cccs3)c(CC#N)n12. The van der Waals surface area contributed by atoms with Gasteiger partial charge in [0.2, 0.25) is 0 Å². The average Bonchev–Trinajstić information content (AvgIpc) is 2.97. The molecule has 0 aliphatic carbocycles. The van der Waals surface area contributed by atoms with E-state index in [-0.39, 0.29) is 0 Å². The molecule has 18 heavy (non-hydrogen) atoms. The van der Waals surface area contributed by atoms with Gasteiger partial charge in [0.15, 0.2) is 0 Å². The standard InChI is InChI=1S/C14H11N3S/c1-10-4-2-6-13-16-14(12-5-3-9-18-12)11(7-8-15)17(10)13/h2-6,9H,7H2,1H3. The van der Waals surface area contributed by atoms with Crippen molar-refractivity contribution in [3.05, 3.63) is 47.1 Å². The number of aromatic nitrogens is 2. The van der Waals surface area contributed by atoms with Gasteiger partial charge in [-0.1, -0.05) is 12.1 Å². The largest absolute Gasteiger partial charge is 0.300 e. The minimum atomic E-state index is 0.374. The zero-order valence-corrected chi connectivity index (χ0v) is 10.7. The molecule has 0 aromatic carbocycles. The van der Waals surface area contributed by atoms with Crippen molar-refractivity contribution in [1.29, 1.82) is 5.26 Å². The number of nitriles is 1. The van der Waals surface area contributed by atoms with Crippen LogP contribution in [0.3, 0.4) is 0 Å². The molecule has 0 atom stereocenters. The van der Waals surface area contributed by atoms with E-state index in [1.807, 2.05) is 42.6 Å². The van der Waals surface area contributed by atoms with Crippen LogP contribution in [0.4, 0.5) is 0 Å². The van der Waals surface area contributed by atoms with E-state index in [0.29, 0.717) is 6.42 Å². The molecular weight excluding hydrogens is 242 g/mol. The first-order valence-corrected chi connectivity index (χ1v) is 6.57. The molecule has 0 fully saturated rings. The third kappa shape index (κ3) is 1.60. The van der Waals surface area contributed by atoms with E-state index in [2.05, 4.69) is 15.5 Å². The molecule has 0 saturated carbocycles. The molecular formula is C14H11N3S. The van der Waals surface area contributed by atoms with Crippen LogP contribution in [0.15, 0.2) is 35.7 Å². The molecule has 4 heteroatoms. The van der Waals surface area contributed by atoms with Crippen molar-refractivity contribution in [3.63, 3.8) is 0 Å². The third-order valence-electron chi connectivity index (χ3n) is 2.94. The highest BCUT2D eigenvalue weighted by molar-refractivity contribution is 7.13. The van der Waals surface area contributed by atoms with Gasteiger partial charge in [0, 0.05) is 5.69 Å². The summed E-state index contributed by atoms with van der Waals surface area (Å²) in [6, 6.07) is 12.3. The Balaban J connectivity index is 2.36. The van der Waals surface area contributed by atoms with E-state index >= 15 is 0 Å². The van der Waals surface area contributed by atoms with Gasteiger partial charge >= 0.3 is 0 Å². The van der Waals surface area contributed by atoms with Crippen molar-refractivity contribution in [1.82, 2.24) is 9.38 Å². The number of hydrogen-bond acceptors (Lipinski definition) is 3. The Labute approximate surface area is 109 Å². The summed E-state index contributed by atoms with van der Waals surface area (Å²) in [4.78, 5) is 5.77. The van der Waals surface area contributed by atoms with E-state index in [4.69, 9.17) is 5.26 Å². The molecule has 0 saturated heterocycles. The van der Waals surface area contributed by atoms with Gasteiger partial charge in [-0.2, -0.15) is 5.26 Å². The van der Waals surface area contributed by atoms with Gasteiger partial charge in [0.25, 0.3) is 0 Å². The fraction of sp³-hybridized carbons (Fsp3) is 0.143. The van der Waals surface area contributed by atoms with Crippen molar-refractivity contribution in [2.24, 2.45) is 0 Å². The van der Waals surface area contributed by atoms with Gasteiger partial charge in [-0.3, -0.25) is 4.40 Å². The van der Waals surface area contributed by atoms with Crippen molar-refractivity contribution in [2.75, 3.05) is 0 Å². The van der Waals surface area contributed by atoms with Crippen LogP contribution in [0.5, 0.6) is 0 Å². The number of hydrogen-bond donors (Lipinski definition) is 0. The normalized spacial score (nSPS) is 10.7. The van der Waals surface area contributed by atoms with Crippen molar-refractivity contribution < 1.29 is 0 Å². The second-order valence-corrected chi connectivity index (χ2v) is 5.03. The highest BCUT2D eigenvalue weighted by atomic mass is 32.1. The van der Waals surface area contributed by atoms with E-state index < -0.39 is 0 Å². The van der Waals surface area contributed by atoms with Crippen molar-refractivity contribution >= 4 is 17.0 Å². The van der Waals surface area contributed by atoms with Gasteiger partial charge < -0.3 is 0 Å². The molecule has 0 bridgehead atoms. The molecule has 0 aliphatic rings. The Bertz CT molecular complexity index is 732. The summed E-state index contributed by atoms with van der Waals surface area (Å²) in [5.41, 5.74) is 3.92. The lowest BCUT2D eigenvalue weighted by Gasteiger charge is -2.02. The summed E-state index contributed by atoms with van der Waals surface area (Å²) in [7, 11) is 0. The Morgan fingerprint density at radius 1 is 1.33 bits per heavy atom. The molecule has 3 aromatic rings. The molecule has 0 aliphatic heterocycles. The smallest absolute Gasteiger partial charge is 0.137 e. The summed E-state index contributed by atoms with van der Waals surface area (Å²) >= 11 is 1.65. The molecule has 0 amide bonds. The van der Waals surface area contributed by atoms with Crippen LogP contribution in [0.25, 0.3) is 16.2 Å². The molecule has 3 aromatic heterocycles. The molecule has 0 radical (unpaired) electrons. The number of nitrogens with zero attached hydrogens (tertiary/aromatic N) is 3. The molecule has 0 N–H and O–H groups in total. The Kier molecular flexibility index (Phi) is 2.62. The van der Waals surface area contributed by atoms with E-state index in [0.717, 1.165) is 27.6 Å². The predicted molar refractivity (Wildman–Crippen MR) is 72.6 cm³/mol. The minimum Gasteiger partial charge on any atom is -0.300 e. The van der Waals surface area contributed by atoms with Crippen LogP contribution >= 0.6 is 11.3 Å². The number of rotatable bonds is 2. The maximum absolute atomic E-state index is 9.02. The summed E-state index contributed by atoms with van der Waals surface area (Å²) in [6.45, 7) is 2.04. The van der Waals surface area contributed by atoms with Crippen LogP contribution in [-0.2, 0) is 6.42 Å². The number of pyridine rings is 1. The van der Waals surface area contributed by atoms with E-state index in [1.54, 1.807) is 11.3 Å². The first kappa shape index (κ1) is 11.0. The topological polar surface area (TPSA) is 41.1 Å². The number of thiophene rings is 1. The molecule has 88 valence electrons. The van der Waals surface area contributed by atoms with E-state index in [9.17, 15) is 0 Å². The molecule has 3 nitrogen and oxygen atoms in total. The van der Waals surface area contributed by atoms with Crippen LogP contribution in [0.1, 0.15) is 11.4 Å². The third-order valence-corrected chi connectivity index (χ3v) is 3.81. The molecule has 3 rings (SSSR count). The quantitative estimate of drug-likeness (QED) is 0.702. The van der Waals surface area contributed by atoms with Crippen molar-refractivity contribution in [2.45, 2.75) is 13.3 Å². The zero-order chi connectivity index (χ0) is 12.5. The number of imidazole rings is 1. The second-order valence-electron chi connectivity index (χ2n) is 4.08. The highest BCUT2D eigenvalue weighted by Gasteiger charge is 2.15. The monoisotopic (exact) mass is 253 g/mol. The van der Waals surface area contributed by atoms with Gasteiger partial charge in [0.1, 0.15) is 11.3 Å². The summed E-state index contributed by atoms with van der Waals surface area (Å²) in [5.74, 6) is 0. The Morgan fingerprint density at radius 2 is 2.22 bits per heavy atom. The van der Waals surface area contributed by atoms with Crippen LogP contribution < -0.4 is 0 Å². The number of fused-ring (bicyclic) bond motifs is 1. The molecule has 0 unspecified atom stereocenters. The summed E-state index contributed by atoms with van der Waals surface area (Å²) in [6.07, 6.45) is 0.374. The first-order valence-electron chi connectivity index (χ1n) is 5.69. The fourth-order valence-corrected chi connectivity index (χ4v) is 2.91. The minimum absolute atomic E-state index is 0.374.